The molecule has 2 rings (SSSR count). The van der Waals surface area contributed by atoms with Crippen molar-refractivity contribution in [3.05, 3.63) is 29.2 Å². The van der Waals surface area contributed by atoms with Crippen molar-refractivity contribution >= 4 is 5.82 Å². The highest BCUT2D eigenvalue weighted by Crippen LogP contribution is 2.10. The van der Waals surface area contributed by atoms with Crippen LogP contribution >= 0.6 is 0 Å². The first kappa shape index (κ1) is 12.7. The van der Waals surface area contributed by atoms with Gasteiger partial charge < -0.3 is 5.32 Å². The molecule has 0 saturated carbocycles. The van der Waals surface area contributed by atoms with Gasteiger partial charge in [0.1, 0.15) is 5.82 Å². The molecular formula is C13H21N5. The minimum atomic E-state index is 0.761. The molecule has 0 spiro atoms. The predicted octanol–water partition coefficient (Wildman–Crippen LogP) is 2.26. The molecule has 98 valence electrons. The van der Waals surface area contributed by atoms with Crippen LogP contribution in [0.5, 0.6) is 0 Å². The third-order valence-electron chi connectivity index (χ3n) is 2.99. The van der Waals surface area contributed by atoms with E-state index in [0.29, 0.717) is 0 Å². The van der Waals surface area contributed by atoms with Crippen molar-refractivity contribution in [2.75, 3.05) is 5.32 Å². The van der Waals surface area contributed by atoms with Crippen molar-refractivity contribution in [3.63, 3.8) is 0 Å². The molecule has 0 radical (unpaired) electrons. The van der Waals surface area contributed by atoms with Gasteiger partial charge in [-0.1, -0.05) is 6.92 Å². The number of anilines is 1. The van der Waals surface area contributed by atoms with E-state index in [1.165, 1.54) is 5.69 Å². The maximum atomic E-state index is 4.49. The molecule has 0 aliphatic heterocycles. The molecule has 0 aromatic carbocycles. The molecule has 0 saturated heterocycles. The maximum Gasteiger partial charge on any atom is 0.148 e. The van der Waals surface area contributed by atoms with Crippen LogP contribution in [0.25, 0.3) is 0 Å². The molecule has 1 N–H and O–H groups in total. The Kier molecular flexibility index (Phi) is 3.69. The summed E-state index contributed by atoms with van der Waals surface area (Å²) in [5, 5.41) is 12.2. The molecular weight excluding hydrogens is 226 g/mol. The van der Waals surface area contributed by atoms with E-state index in [2.05, 4.69) is 33.2 Å². The zero-order valence-electron chi connectivity index (χ0n) is 11.6. The molecule has 0 bridgehead atoms. The summed E-state index contributed by atoms with van der Waals surface area (Å²) < 4.78 is 3.94. The second-order valence-corrected chi connectivity index (χ2v) is 4.65. The van der Waals surface area contributed by atoms with E-state index < -0.39 is 0 Å². The lowest BCUT2D eigenvalue weighted by Gasteiger charge is -2.06. The summed E-state index contributed by atoms with van der Waals surface area (Å²) in [6, 6.07) is 4.17. The Balaban J connectivity index is 2.05. The lowest BCUT2D eigenvalue weighted by molar-refractivity contribution is 0.574. The molecule has 0 fully saturated rings. The van der Waals surface area contributed by atoms with E-state index in [9.17, 15) is 0 Å². The molecule has 2 heterocycles. The zero-order chi connectivity index (χ0) is 13.1. The average molecular weight is 247 g/mol. The third kappa shape index (κ3) is 2.72. The molecule has 2 aromatic heterocycles. The van der Waals surface area contributed by atoms with Crippen LogP contribution in [0.4, 0.5) is 5.82 Å². The van der Waals surface area contributed by atoms with Crippen LogP contribution in [0.1, 0.15) is 30.4 Å². The fraction of sp³-hybridized carbons (Fsp3) is 0.538. The smallest absolute Gasteiger partial charge is 0.148 e. The fourth-order valence-electron chi connectivity index (χ4n) is 1.97. The first-order valence-corrected chi connectivity index (χ1v) is 6.38. The lowest BCUT2D eigenvalue weighted by atomic mass is 10.3. The van der Waals surface area contributed by atoms with E-state index in [0.717, 1.165) is 36.7 Å². The fourth-order valence-corrected chi connectivity index (χ4v) is 1.97. The first-order valence-electron chi connectivity index (χ1n) is 6.38. The highest BCUT2D eigenvalue weighted by atomic mass is 15.3. The largest absolute Gasteiger partial charge is 0.363 e. The van der Waals surface area contributed by atoms with Crippen LogP contribution in [-0.4, -0.2) is 19.6 Å². The van der Waals surface area contributed by atoms with Crippen molar-refractivity contribution in [3.8, 4) is 0 Å². The van der Waals surface area contributed by atoms with Gasteiger partial charge in [0, 0.05) is 25.4 Å². The number of nitrogens with zero attached hydrogens (tertiary/aromatic N) is 4. The molecule has 0 aliphatic carbocycles. The van der Waals surface area contributed by atoms with E-state index in [4.69, 9.17) is 0 Å². The quantitative estimate of drug-likeness (QED) is 0.881. The summed E-state index contributed by atoms with van der Waals surface area (Å²) in [7, 11) is 1.95. The molecule has 0 amide bonds. The van der Waals surface area contributed by atoms with Crippen LogP contribution < -0.4 is 5.32 Å². The van der Waals surface area contributed by atoms with Gasteiger partial charge >= 0.3 is 0 Å². The summed E-state index contributed by atoms with van der Waals surface area (Å²) >= 11 is 0. The standard InChI is InChI=1S/C13H21N5/c1-5-6-18-12(7-10(2)15-18)9-14-13-8-11(3)17(4)16-13/h7-8H,5-6,9H2,1-4H3,(H,14,16). The van der Waals surface area contributed by atoms with E-state index in [-0.39, 0.29) is 0 Å². The Morgan fingerprint density at radius 3 is 2.61 bits per heavy atom. The Bertz CT molecular complexity index is 504. The van der Waals surface area contributed by atoms with Gasteiger partial charge in [0.15, 0.2) is 0 Å². The number of aromatic nitrogens is 4. The van der Waals surface area contributed by atoms with Crippen molar-refractivity contribution in [2.24, 2.45) is 7.05 Å². The van der Waals surface area contributed by atoms with Crippen molar-refractivity contribution in [1.29, 1.82) is 0 Å². The normalized spacial score (nSPS) is 10.9. The van der Waals surface area contributed by atoms with Gasteiger partial charge in [-0.2, -0.15) is 10.2 Å². The number of rotatable bonds is 5. The van der Waals surface area contributed by atoms with E-state index in [1.54, 1.807) is 0 Å². The van der Waals surface area contributed by atoms with Gasteiger partial charge in [-0.05, 0) is 26.3 Å². The molecule has 0 aliphatic rings. The summed E-state index contributed by atoms with van der Waals surface area (Å²) in [5.74, 6) is 0.914. The predicted molar refractivity (Wildman–Crippen MR) is 72.5 cm³/mol. The van der Waals surface area contributed by atoms with Crippen molar-refractivity contribution in [1.82, 2.24) is 19.6 Å². The minimum absolute atomic E-state index is 0.761. The SMILES string of the molecule is CCCn1nc(C)cc1CNc1cc(C)n(C)n1. The Morgan fingerprint density at radius 1 is 1.22 bits per heavy atom. The number of hydrogen-bond acceptors (Lipinski definition) is 3. The highest BCUT2D eigenvalue weighted by molar-refractivity contribution is 5.36. The molecule has 18 heavy (non-hydrogen) atoms. The average Bonchev–Trinajstić information content (AvgIpc) is 2.81. The van der Waals surface area contributed by atoms with Crippen LogP contribution in [0.15, 0.2) is 12.1 Å². The zero-order valence-corrected chi connectivity index (χ0v) is 11.6. The monoisotopic (exact) mass is 247 g/mol. The second kappa shape index (κ2) is 5.25. The topological polar surface area (TPSA) is 47.7 Å². The molecule has 2 aromatic rings. The van der Waals surface area contributed by atoms with Gasteiger partial charge in [-0.3, -0.25) is 9.36 Å². The van der Waals surface area contributed by atoms with Crippen molar-refractivity contribution < 1.29 is 0 Å². The summed E-state index contributed by atoms with van der Waals surface area (Å²) in [4.78, 5) is 0. The van der Waals surface area contributed by atoms with Crippen LogP contribution in [0.2, 0.25) is 0 Å². The van der Waals surface area contributed by atoms with Crippen LogP contribution in [0, 0.1) is 13.8 Å². The third-order valence-corrected chi connectivity index (χ3v) is 2.99. The van der Waals surface area contributed by atoms with Gasteiger partial charge in [-0.15, -0.1) is 0 Å². The molecule has 0 unspecified atom stereocenters. The summed E-state index contributed by atoms with van der Waals surface area (Å²) in [5.41, 5.74) is 3.42. The first-order chi connectivity index (χ1) is 8.60. The summed E-state index contributed by atoms with van der Waals surface area (Å²) in [6.45, 7) is 7.96. The minimum Gasteiger partial charge on any atom is -0.363 e. The molecule has 0 atom stereocenters. The number of hydrogen-bond donors (Lipinski definition) is 1. The molecule has 5 heteroatoms. The maximum absolute atomic E-state index is 4.49. The van der Waals surface area contributed by atoms with Crippen molar-refractivity contribution in [2.45, 2.75) is 40.3 Å². The molecule has 5 nitrogen and oxygen atoms in total. The van der Waals surface area contributed by atoms with Crippen LogP contribution in [-0.2, 0) is 20.1 Å². The van der Waals surface area contributed by atoms with E-state index >= 15 is 0 Å². The number of nitrogens with one attached hydrogen (secondary N) is 1. The van der Waals surface area contributed by atoms with Crippen LogP contribution in [0.3, 0.4) is 0 Å². The highest BCUT2D eigenvalue weighted by Gasteiger charge is 2.06. The Hall–Kier alpha value is -1.78. The Morgan fingerprint density at radius 2 is 2.00 bits per heavy atom. The summed E-state index contributed by atoms with van der Waals surface area (Å²) in [6.07, 6.45) is 1.09. The lowest BCUT2D eigenvalue weighted by Crippen LogP contribution is -2.09. The van der Waals surface area contributed by atoms with Gasteiger partial charge in [0.25, 0.3) is 0 Å². The van der Waals surface area contributed by atoms with Gasteiger partial charge in [-0.25, -0.2) is 0 Å². The van der Waals surface area contributed by atoms with Gasteiger partial charge in [0.2, 0.25) is 0 Å². The second-order valence-electron chi connectivity index (χ2n) is 4.65. The number of aryl methyl sites for hydroxylation is 4. The van der Waals surface area contributed by atoms with E-state index in [1.807, 2.05) is 31.6 Å². The Labute approximate surface area is 108 Å². The van der Waals surface area contributed by atoms with Gasteiger partial charge in [0.05, 0.1) is 17.9 Å².